The third kappa shape index (κ3) is 6.26. The normalized spacial score (nSPS) is 14.6. The number of carbonyl (C=O) groups excluding carboxylic acids is 2. The van der Waals surface area contributed by atoms with Crippen LogP contribution in [-0.2, 0) is 19.7 Å². The molecule has 0 spiro atoms. The quantitative estimate of drug-likeness (QED) is 0.144. The Morgan fingerprint density at radius 3 is 2.19 bits per heavy atom. The van der Waals surface area contributed by atoms with Crippen LogP contribution in [0.4, 0.5) is 10.5 Å². The van der Waals surface area contributed by atoms with Crippen LogP contribution in [0.3, 0.4) is 0 Å². The molecule has 1 saturated carbocycles. The van der Waals surface area contributed by atoms with Crippen LogP contribution < -0.4 is 8.90 Å². The monoisotopic (exact) mass is 674 g/mol. The van der Waals surface area contributed by atoms with E-state index in [0.29, 0.717) is 23.7 Å². The average molecular weight is 673 g/mol. The maximum absolute atomic E-state index is 12.9. The first kappa shape index (κ1) is 29.9. The SMILES string of the molecule is CCOC(=O)C1(c2ccc(-c3ccc(-c4onc(C)c4NC(=O)O[C@H](C)c4ccc[c]([Sn]([CH3])([CH3])[CH3])c4)cc3)cc2)CC1. The summed E-state index contributed by atoms with van der Waals surface area (Å²) in [4.78, 5) is 32.4. The summed E-state index contributed by atoms with van der Waals surface area (Å²) >= 11 is -2.25. The van der Waals surface area contributed by atoms with E-state index in [9.17, 15) is 9.59 Å². The van der Waals surface area contributed by atoms with Crippen molar-refractivity contribution in [1.29, 1.82) is 0 Å². The Morgan fingerprint density at radius 2 is 1.60 bits per heavy atom. The third-order valence-corrected chi connectivity index (χ3v) is 13.8. The van der Waals surface area contributed by atoms with Crippen molar-refractivity contribution >= 4 is 39.7 Å². The summed E-state index contributed by atoms with van der Waals surface area (Å²) in [5.41, 5.74) is 5.38. The summed E-state index contributed by atoms with van der Waals surface area (Å²) in [5, 5.41) is 6.94. The van der Waals surface area contributed by atoms with Crippen molar-refractivity contribution in [3.63, 3.8) is 0 Å². The van der Waals surface area contributed by atoms with E-state index in [1.54, 1.807) is 6.92 Å². The number of rotatable bonds is 9. The molecule has 1 N–H and O–H groups in total. The van der Waals surface area contributed by atoms with E-state index >= 15 is 0 Å². The van der Waals surface area contributed by atoms with E-state index in [0.717, 1.165) is 40.7 Å². The molecular weight excluding hydrogens is 635 g/mol. The molecule has 0 unspecified atom stereocenters. The van der Waals surface area contributed by atoms with Crippen molar-refractivity contribution in [3.05, 3.63) is 89.6 Å². The van der Waals surface area contributed by atoms with E-state index in [1.807, 2.05) is 74.5 Å². The first-order chi connectivity index (χ1) is 20.0. The van der Waals surface area contributed by atoms with E-state index in [2.05, 4.69) is 37.4 Å². The van der Waals surface area contributed by atoms with Crippen LogP contribution in [0.15, 0.2) is 77.3 Å². The fraction of sp³-hybridized carbons (Fsp3) is 0.324. The van der Waals surface area contributed by atoms with Crippen molar-refractivity contribution < 1.29 is 23.6 Å². The van der Waals surface area contributed by atoms with Gasteiger partial charge in [-0.15, -0.1) is 0 Å². The topological polar surface area (TPSA) is 90.7 Å². The van der Waals surface area contributed by atoms with Crippen molar-refractivity contribution in [3.8, 4) is 22.5 Å². The molecule has 0 radical (unpaired) electrons. The third-order valence-electron chi connectivity index (χ3n) is 7.93. The van der Waals surface area contributed by atoms with Crippen LogP contribution in [-0.4, -0.2) is 42.2 Å². The molecule has 7 nitrogen and oxygen atoms in total. The molecule has 1 amide bonds. The number of anilines is 1. The van der Waals surface area contributed by atoms with Crippen LogP contribution in [0.1, 0.15) is 49.6 Å². The molecule has 42 heavy (non-hydrogen) atoms. The summed E-state index contributed by atoms with van der Waals surface area (Å²) in [6, 6.07) is 24.4. The Bertz CT molecular complexity index is 1580. The zero-order valence-corrected chi connectivity index (χ0v) is 28.0. The van der Waals surface area contributed by atoms with E-state index in [-0.39, 0.29) is 5.97 Å². The number of ether oxygens (including phenoxy) is 2. The molecule has 1 aliphatic carbocycles. The van der Waals surface area contributed by atoms with Crippen LogP contribution >= 0.6 is 0 Å². The zero-order chi connectivity index (χ0) is 30.1. The molecule has 1 aromatic heterocycles. The standard InChI is InChI=1S/C31H29N2O5.3CH3.Sn/c1-4-36-29(34)31(18-19-31)26-16-14-24(15-17-26)23-10-12-25(13-11-23)28-27(20(2)33-38-28)32-30(35)37-21(3)22-8-6-5-7-9-22;;;;/h5-6,8-17,21H,4,18-19H2,1-3H3,(H,32,35);3*1H3;/t21-;;;;/m1..../s1. The molecule has 1 atom stereocenters. The predicted molar refractivity (Wildman–Crippen MR) is 168 cm³/mol. The Kier molecular flexibility index (Phi) is 8.51. The van der Waals surface area contributed by atoms with Gasteiger partial charge in [-0.05, 0) is 36.5 Å². The molecule has 0 bridgehead atoms. The summed E-state index contributed by atoms with van der Waals surface area (Å²) in [5.74, 6) is 0.331. The van der Waals surface area contributed by atoms with Gasteiger partial charge in [0.1, 0.15) is 0 Å². The summed E-state index contributed by atoms with van der Waals surface area (Å²) < 4.78 is 18.0. The Morgan fingerprint density at radius 1 is 0.976 bits per heavy atom. The van der Waals surface area contributed by atoms with Gasteiger partial charge in [0.25, 0.3) is 0 Å². The van der Waals surface area contributed by atoms with Crippen LogP contribution in [0.2, 0.25) is 14.8 Å². The predicted octanol–water partition coefficient (Wildman–Crippen LogP) is 7.77. The Hall–Kier alpha value is -3.59. The molecule has 0 saturated heterocycles. The molecule has 1 aliphatic rings. The first-order valence-electron chi connectivity index (χ1n) is 14.4. The molecule has 0 aliphatic heterocycles. The number of nitrogens with one attached hydrogen (secondary N) is 1. The van der Waals surface area contributed by atoms with Crippen molar-refractivity contribution in [2.45, 2.75) is 60.0 Å². The van der Waals surface area contributed by atoms with Gasteiger partial charge in [0.2, 0.25) is 0 Å². The minimum absolute atomic E-state index is 0.135. The van der Waals surface area contributed by atoms with E-state index in [4.69, 9.17) is 14.0 Å². The van der Waals surface area contributed by atoms with Gasteiger partial charge in [-0.2, -0.15) is 0 Å². The number of aryl methyl sites for hydroxylation is 1. The second-order valence-electron chi connectivity index (χ2n) is 12.0. The fourth-order valence-corrected chi connectivity index (χ4v) is 8.55. The average Bonchev–Trinajstić information content (AvgIpc) is 3.72. The molecule has 3 aromatic carbocycles. The van der Waals surface area contributed by atoms with E-state index < -0.39 is 36.0 Å². The zero-order valence-electron chi connectivity index (χ0n) is 25.1. The van der Waals surface area contributed by atoms with Gasteiger partial charge in [-0.3, -0.25) is 4.79 Å². The number of hydrogen-bond donors (Lipinski definition) is 1. The first-order valence-corrected chi connectivity index (χ1v) is 24.4. The summed E-state index contributed by atoms with van der Waals surface area (Å²) in [7, 11) is 0. The van der Waals surface area contributed by atoms with Gasteiger partial charge in [-0.25, -0.2) is 0 Å². The second kappa shape index (κ2) is 12.0. The molecular formula is C34H38N2O5Sn. The smallest absolute Gasteiger partial charge is 0.0573 e. The molecule has 218 valence electrons. The second-order valence-corrected chi connectivity index (χ2v) is 26.5. The molecule has 1 fully saturated rings. The van der Waals surface area contributed by atoms with Gasteiger partial charge < -0.3 is 4.74 Å². The number of nitrogens with zero attached hydrogens (tertiary/aromatic N) is 1. The van der Waals surface area contributed by atoms with Crippen molar-refractivity contribution in [1.82, 2.24) is 5.16 Å². The minimum Gasteiger partial charge on any atom is -0.0573 e. The van der Waals surface area contributed by atoms with Gasteiger partial charge >= 0.3 is 170 Å². The van der Waals surface area contributed by atoms with E-state index in [1.165, 1.54) is 3.58 Å². The molecule has 4 aromatic rings. The Labute approximate surface area is 251 Å². The fourth-order valence-electron chi connectivity index (χ4n) is 5.13. The number of amides is 1. The van der Waals surface area contributed by atoms with Crippen LogP contribution in [0.25, 0.3) is 22.5 Å². The summed E-state index contributed by atoms with van der Waals surface area (Å²) in [6.07, 6.45) is 0.685. The number of aromatic nitrogens is 1. The number of carbonyl (C=O) groups is 2. The number of esters is 1. The molecule has 8 heteroatoms. The van der Waals surface area contributed by atoms with Gasteiger partial charge in [0.05, 0.1) is 12.0 Å². The van der Waals surface area contributed by atoms with Gasteiger partial charge in [0, 0.05) is 0 Å². The molecule has 5 rings (SSSR count). The number of hydrogen-bond acceptors (Lipinski definition) is 6. The molecule has 1 heterocycles. The van der Waals surface area contributed by atoms with Crippen molar-refractivity contribution in [2.75, 3.05) is 11.9 Å². The van der Waals surface area contributed by atoms with Gasteiger partial charge in [-0.1, -0.05) is 24.3 Å². The van der Waals surface area contributed by atoms with Crippen LogP contribution in [0, 0.1) is 6.92 Å². The minimum atomic E-state index is -2.25. The van der Waals surface area contributed by atoms with Gasteiger partial charge in [0.15, 0.2) is 0 Å². The van der Waals surface area contributed by atoms with Crippen LogP contribution in [0.5, 0.6) is 0 Å². The van der Waals surface area contributed by atoms with Crippen molar-refractivity contribution in [2.24, 2.45) is 0 Å². The number of benzene rings is 3. The Balaban J connectivity index is 1.27. The maximum atomic E-state index is 12.9. The summed E-state index contributed by atoms with van der Waals surface area (Å²) in [6.45, 7) is 5.89.